The van der Waals surface area contributed by atoms with Crippen LogP contribution in [0.2, 0.25) is 0 Å². The number of carbonyl (C=O) groups excluding carboxylic acids is 1. The largest absolute Gasteiger partial charge is 0.416 e. The van der Waals surface area contributed by atoms with E-state index < -0.39 is 23.5 Å². The number of aromatic nitrogens is 3. The number of pyridine rings is 1. The third kappa shape index (κ3) is 4.29. The number of fused-ring (bicyclic) bond motifs is 1. The predicted octanol–water partition coefficient (Wildman–Crippen LogP) is 4.74. The lowest BCUT2D eigenvalue weighted by atomic mass is 10.0. The molecule has 0 saturated carbocycles. The molecule has 0 fully saturated rings. The van der Waals surface area contributed by atoms with Crippen LogP contribution < -0.4 is 5.32 Å². The van der Waals surface area contributed by atoms with Gasteiger partial charge in [0.2, 0.25) is 5.91 Å². The molecule has 2 aromatic heterocycles. The number of carbonyl (C=O) groups is 1. The summed E-state index contributed by atoms with van der Waals surface area (Å²) in [5, 5.41) is 6.34. The van der Waals surface area contributed by atoms with Gasteiger partial charge in [-0.05, 0) is 47.0 Å². The van der Waals surface area contributed by atoms with Crippen LogP contribution in [0.3, 0.4) is 0 Å². The number of halogens is 4. The van der Waals surface area contributed by atoms with E-state index in [2.05, 4.69) is 15.4 Å². The molecule has 2 heterocycles. The molecule has 4 rings (SSSR count). The zero-order chi connectivity index (χ0) is 21.3. The first-order chi connectivity index (χ1) is 14.3. The topological polar surface area (TPSA) is 59.3 Å². The van der Waals surface area contributed by atoms with Crippen LogP contribution in [0.15, 0.2) is 67.1 Å². The fourth-order valence-electron chi connectivity index (χ4n) is 3.03. The lowest BCUT2D eigenvalue weighted by molar-refractivity contribution is -0.137. The van der Waals surface area contributed by atoms with Crippen molar-refractivity contribution in [3.05, 3.63) is 84.1 Å². The Hall–Kier alpha value is -3.75. The highest BCUT2D eigenvalue weighted by Gasteiger charge is 2.31. The number of nitrogens with one attached hydrogen (secondary N) is 1. The van der Waals surface area contributed by atoms with Crippen molar-refractivity contribution in [2.75, 3.05) is 5.32 Å². The maximum absolute atomic E-state index is 13.5. The van der Waals surface area contributed by atoms with Crippen molar-refractivity contribution in [1.82, 2.24) is 14.6 Å². The van der Waals surface area contributed by atoms with Crippen molar-refractivity contribution >= 4 is 17.2 Å². The predicted molar refractivity (Wildman–Crippen MR) is 102 cm³/mol. The van der Waals surface area contributed by atoms with Gasteiger partial charge in [-0.25, -0.2) is 13.9 Å². The van der Waals surface area contributed by atoms with Gasteiger partial charge in [0, 0.05) is 11.9 Å². The van der Waals surface area contributed by atoms with E-state index in [0.717, 1.165) is 17.2 Å². The lowest BCUT2D eigenvalue weighted by Gasteiger charge is -2.11. The molecule has 9 heteroatoms. The van der Waals surface area contributed by atoms with E-state index in [1.165, 1.54) is 6.33 Å². The second kappa shape index (κ2) is 7.58. The van der Waals surface area contributed by atoms with E-state index in [1.807, 2.05) is 24.3 Å². The second-order valence-electron chi connectivity index (χ2n) is 6.63. The highest BCUT2D eigenvalue weighted by molar-refractivity contribution is 5.92. The summed E-state index contributed by atoms with van der Waals surface area (Å²) in [5.41, 5.74) is 1.78. The van der Waals surface area contributed by atoms with E-state index in [4.69, 9.17) is 0 Å². The molecule has 1 amide bonds. The van der Waals surface area contributed by atoms with E-state index in [9.17, 15) is 22.4 Å². The van der Waals surface area contributed by atoms with Crippen LogP contribution in [-0.2, 0) is 17.4 Å². The molecule has 0 atom stereocenters. The second-order valence-corrected chi connectivity index (χ2v) is 6.63. The summed E-state index contributed by atoms with van der Waals surface area (Å²) in [6, 6.07) is 12.8. The number of alkyl halides is 3. The molecule has 0 unspecified atom stereocenters. The molecular weight excluding hydrogens is 400 g/mol. The minimum Gasteiger partial charge on any atom is -0.326 e. The van der Waals surface area contributed by atoms with Gasteiger partial charge < -0.3 is 5.32 Å². The average Bonchev–Trinajstić information content (AvgIpc) is 3.15. The molecule has 0 radical (unpaired) electrons. The Morgan fingerprint density at radius 3 is 2.50 bits per heavy atom. The summed E-state index contributed by atoms with van der Waals surface area (Å²) >= 11 is 0. The van der Waals surface area contributed by atoms with Crippen LogP contribution in [-0.4, -0.2) is 20.5 Å². The van der Waals surface area contributed by atoms with E-state index >= 15 is 0 Å². The highest BCUT2D eigenvalue weighted by Crippen LogP contribution is 2.31. The molecule has 30 heavy (non-hydrogen) atoms. The number of hydrogen-bond donors (Lipinski definition) is 1. The third-order valence-electron chi connectivity index (χ3n) is 4.44. The molecule has 0 aliphatic rings. The molecule has 0 aliphatic carbocycles. The molecule has 4 aromatic rings. The summed E-state index contributed by atoms with van der Waals surface area (Å²) < 4.78 is 53.5. The van der Waals surface area contributed by atoms with Gasteiger partial charge in [0.15, 0.2) is 5.65 Å². The standard InChI is InChI=1S/C21H14F4N4O/c22-17-9-16(21(23,24)25)10-18(11-17)28-20(30)7-13-1-3-14(4-2-13)15-5-6-29-19(8-15)26-12-27-29/h1-6,8-12H,7H2,(H,28,30). The Bertz CT molecular complexity index is 1220. The van der Waals surface area contributed by atoms with Gasteiger partial charge in [-0.1, -0.05) is 24.3 Å². The molecule has 1 N–H and O–H groups in total. The van der Waals surface area contributed by atoms with Gasteiger partial charge in [0.1, 0.15) is 12.1 Å². The van der Waals surface area contributed by atoms with Gasteiger partial charge in [0.05, 0.1) is 12.0 Å². The quantitative estimate of drug-likeness (QED) is 0.491. The molecule has 0 saturated heterocycles. The minimum atomic E-state index is -4.70. The fraction of sp³-hybridized carbons (Fsp3) is 0.0952. The Morgan fingerprint density at radius 1 is 1.00 bits per heavy atom. The number of nitrogens with zero attached hydrogens (tertiary/aromatic N) is 3. The van der Waals surface area contributed by atoms with Crippen LogP contribution in [0, 0.1) is 5.82 Å². The fourth-order valence-corrected chi connectivity index (χ4v) is 3.03. The van der Waals surface area contributed by atoms with Gasteiger partial charge in [-0.3, -0.25) is 4.79 Å². The van der Waals surface area contributed by atoms with Crippen LogP contribution in [0.25, 0.3) is 16.8 Å². The van der Waals surface area contributed by atoms with E-state index in [1.54, 1.807) is 22.8 Å². The number of rotatable bonds is 4. The first-order valence-electron chi connectivity index (χ1n) is 8.84. The maximum Gasteiger partial charge on any atom is 0.416 e. The first kappa shape index (κ1) is 19.6. The van der Waals surface area contributed by atoms with Crippen LogP contribution in [0.1, 0.15) is 11.1 Å². The van der Waals surface area contributed by atoms with Gasteiger partial charge in [0.25, 0.3) is 0 Å². The Labute approximate surface area is 168 Å². The van der Waals surface area contributed by atoms with E-state index in [0.29, 0.717) is 23.3 Å². The monoisotopic (exact) mass is 414 g/mol. The molecular formula is C21H14F4N4O. The number of benzene rings is 2. The molecule has 152 valence electrons. The summed E-state index contributed by atoms with van der Waals surface area (Å²) in [6.45, 7) is 0. The molecule has 2 aromatic carbocycles. The van der Waals surface area contributed by atoms with E-state index in [-0.39, 0.29) is 12.1 Å². The summed E-state index contributed by atoms with van der Waals surface area (Å²) in [7, 11) is 0. The summed E-state index contributed by atoms with van der Waals surface area (Å²) in [5.74, 6) is -1.62. The third-order valence-corrected chi connectivity index (χ3v) is 4.44. The Kier molecular flexibility index (Phi) is 4.94. The average molecular weight is 414 g/mol. The normalized spacial score (nSPS) is 11.6. The van der Waals surface area contributed by atoms with Crippen molar-refractivity contribution in [3.8, 4) is 11.1 Å². The Balaban J connectivity index is 1.46. The van der Waals surface area contributed by atoms with Gasteiger partial charge in [-0.15, -0.1) is 0 Å². The number of hydrogen-bond acceptors (Lipinski definition) is 3. The Morgan fingerprint density at radius 2 is 1.77 bits per heavy atom. The highest BCUT2D eigenvalue weighted by atomic mass is 19.4. The van der Waals surface area contributed by atoms with Crippen molar-refractivity contribution in [2.24, 2.45) is 0 Å². The number of anilines is 1. The van der Waals surface area contributed by atoms with Gasteiger partial charge in [-0.2, -0.15) is 18.3 Å². The smallest absolute Gasteiger partial charge is 0.326 e. The van der Waals surface area contributed by atoms with Crippen LogP contribution >= 0.6 is 0 Å². The molecule has 0 bridgehead atoms. The molecule has 0 spiro atoms. The number of amides is 1. The summed E-state index contributed by atoms with van der Waals surface area (Å²) in [4.78, 5) is 16.3. The van der Waals surface area contributed by atoms with Gasteiger partial charge >= 0.3 is 6.18 Å². The lowest BCUT2D eigenvalue weighted by Crippen LogP contribution is -2.15. The maximum atomic E-state index is 13.5. The van der Waals surface area contributed by atoms with Crippen LogP contribution in [0.4, 0.5) is 23.2 Å². The molecule has 0 aliphatic heterocycles. The SMILES string of the molecule is O=C(Cc1ccc(-c2ccn3ncnc3c2)cc1)Nc1cc(F)cc(C(F)(F)F)c1. The molecule has 5 nitrogen and oxygen atoms in total. The summed E-state index contributed by atoms with van der Waals surface area (Å²) in [6.07, 6.45) is -1.53. The zero-order valence-corrected chi connectivity index (χ0v) is 15.3. The van der Waals surface area contributed by atoms with Crippen LogP contribution in [0.5, 0.6) is 0 Å². The van der Waals surface area contributed by atoms with Crippen molar-refractivity contribution in [3.63, 3.8) is 0 Å². The van der Waals surface area contributed by atoms with Crippen molar-refractivity contribution in [2.45, 2.75) is 12.6 Å². The first-order valence-corrected chi connectivity index (χ1v) is 8.84. The van der Waals surface area contributed by atoms with Crippen molar-refractivity contribution in [1.29, 1.82) is 0 Å². The minimum absolute atomic E-state index is 0.0681. The zero-order valence-electron chi connectivity index (χ0n) is 15.3. The van der Waals surface area contributed by atoms with Crippen molar-refractivity contribution < 1.29 is 22.4 Å².